The van der Waals surface area contributed by atoms with Crippen molar-refractivity contribution in [3.05, 3.63) is 35.9 Å². The van der Waals surface area contributed by atoms with Gasteiger partial charge >= 0.3 is 5.97 Å². The fourth-order valence-corrected chi connectivity index (χ4v) is 1.51. The van der Waals surface area contributed by atoms with Gasteiger partial charge in [0.05, 0.1) is 7.11 Å². The highest BCUT2D eigenvalue weighted by atomic mass is 16.5. The van der Waals surface area contributed by atoms with E-state index in [9.17, 15) is 9.59 Å². The van der Waals surface area contributed by atoms with Crippen LogP contribution in [0.5, 0.6) is 0 Å². The number of carbonyl (C=O) groups excluding carboxylic acids is 2. The molecular weight excluding hydrogens is 204 g/mol. The Labute approximate surface area is 95.4 Å². The molecule has 0 aliphatic heterocycles. The molecule has 1 unspecified atom stereocenters. The summed E-state index contributed by atoms with van der Waals surface area (Å²) in [7, 11) is 1.30. The van der Waals surface area contributed by atoms with Crippen LogP contribution >= 0.6 is 0 Å². The first-order valence-corrected chi connectivity index (χ1v) is 5.24. The summed E-state index contributed by atoms with van der Waals surface area (Å²) in [5.74, 6) is -1.60. The van der Waals surface area contributed by atoms with Crippen LogP contribution in [0, 0.1) is 5.92 Å². The molecule has 3 heteroatoms. The molecule has 0 amide bonds. The van der Waals surface area contributed by atoms with Gasteiger partial charge in [0.1, 0.15) is 5.92 Å². The first kappa shape index (κ1) is 12.4. The van der Waals surface area contributed by atoms with Crippen molar-refractivity contribution in [1.29, 1.82) is 0 Å². The molecule has 86 valence electrons. The van der Waals surface area contributed by atoms with Crippen molar-refractivity contribution >= 4 is 11.8 Å². The van der Waals surface area contributed by atoms with Gasteiger partial charge in [0.2, 0.25) is 0 Å². The zero-order valence-electron chi connectivity index (χ0n) is 9.77. The Morgan fingerprint density at radius 1 is 1.12 bits per heavy atom. The zero-order chi connectivity index (χ0) is 12.1. The Balaban J connectivity index is 3.07. The van der Waals surface area contributed by atoms with E-state index in [0.29, 0.717) is 5.56 Å². The summed E-state index contributed by atoms with van der Waals surface area (Å²) in [4.78, 5) is 23.6. The molecule has 0 aliphatic carbocycles. The average Bonchev–Trinajstić information content (AvgIpc) is 2.30. The second-order valence-corrected chi connectivity index (χ2v) is 3.92. The summed E-state index contributed by atoms with van der Waals surface area (Å²) in [6, 6.07) is 8.99. The SMILES string of the molecule is COC(=O)C(C(=O)C(C)C)c1ccccc1. The van der Waals surface area contributed by atoms with Crippen molar-refractivity contribution in [3.8, 4) is 0 Å². The number of hydrogen-bond acceptors (Lipinski definition) is 3. The van der Waals surface area contributed by atoms with Crippen molar-refractivity contribution in [2.45, 2.75) is 19.8 Å². The standard InChI is InChI=1S/C13H16O3/c1-9(2)12(14)11(13(15)16-3)10-7-5-4-6-8-10/h4-9,11H,1-3H3. The van der Waals surface area contributed by atoms with Gasteiger partial charge in [-0.15, -0.1) is 0 Å². The molecule has 0 N–H and O–H groups in total. The molecule has 0 saturated carbocycles. The molecule has 0 fully saturated rings. The second-order valence-electron chi connectivity index (χ2n) is 3.92. The van der Waals surface area contributed by atoms with E-state index in [1.54, 1.807) is 38.1 Å². The van der Waals surface area contributed by atoms with E-state index in [1.165, 1.54) is 7.11 Å². The predicted octanol–water partition coefficient (Wildman–Crippen LogP) is 2.17. The molecule has 0 aromatic heterocycles. The number of carbonyl (C=O) groups is 2. The van der Waals surface area contributed by atoms with Crippen molar-refractivity contribution < 1.29 is 14.3 Å². The Bertz CT molecular complexity index is 368. The van der Waals surface area contributed by atoms with E-state index in [0.717, 1.165) is 0 Å². The van der Waals surface area contributed by atoms with Gasteiger partial charge in [-0.3, -0.25) is 9.59 Å². The number of benzene rings is 1. The zero-order valence-corrected chi connectivity index (χ0v) is 9.77. The maximum atomic E-state index is 11.9. The Hall–Kier alpha value is -1.64. The summed E-state index contributed by atoms with van der Waals surface area (Å²) in [6.07, 6.45) is 0. The van der Waals surface area contributed by atoms with Gasteiger partial charge in [-0.2, -0.15) is 0 Å². The van der Waals surface area contributed by atoms with E-state index in [4.69, 9.17) is 0 Å². The summed E-state index contributed by atoms with van der Waals surface area (Å²) >= 11 is 0. The van der Waals surface area contributed by atoms with Gasteiger partial charge in [-0.1, -0.05) is 44.2 Å². The van der Waals surface area contributed by atoms with E-state index in [-0.39, 0.29) is 11.7 Å². The minimum atomic E-state index is -0.800. The molecule has 1 aromatic rings. The monoisotopic (exact) mass is 220 g/mol. The summed E-state index contributed by atoms with van der Waals surface area (Å²) < 4.78 is 4.68. The fourth-order valence-electron chi connectivity index (χ4n) is 1.51. The van der Waals surface area contributed by atoms with Gasteiger partial charge in [0, 0.05) is 5.92 Å². The summed E-state index contributed by atoms with van der Waals surface area (Å²) in [5, 5.41) is 0. The largest absolute Gasteiger partial charge is 0.468 e. The number of Topliss-reactive ketones (excluding diaryl/α,β-unsaturated/α-hetero) is 1. The van der Waals surface area contributed by atoms with Crippen LogP contribution in [0.2, 0.25) is 0 Å². The first-order chi connectivity index (χ1) is 7.57. The molecular formula is C13H16O3. The topological polar surface area (TPSA) is 43.4 Å². The maximum absolute atomic E-state index is 11.9. The predicted molar refractivity (Wildman–Crippen MR) is 61.0 cm³/mol. The van der Waals surface area contributed by atoms with Crippen LogP contribution in [0.15, 0.2) is 30.3 Å². The summed E-state index contributed by atoms with van der Waals surface area (Å²) in [5.41, 5.74) is 0.688. The molecule has 1 atom stereocenters. The maximum Gasteiger partial charge on any atom is 0.320 e. The quantitative estimate of drug-likeness (QED) is 0.577. The van der Waals surface area contributed by atoms with Crippen LogP contribution in [0.4, 0.5) is 0 Å². The van der Waals surface area contributed by atoms with Gasteiger partial charge in [-0.05, 0) is 5.56 Å². The average molecular weight is 220 g/mol. The molecule has 0 bridgehead atoms. The third-order valence-electron chi connectivity index (χ3n) is 2.42. The minimum Gasteiger partial charge on any atom is -0.468 e. The highest BCUT2D eigenvalue weighted by molar-refractivity contribution is 6.05. The van der Waals surface area contributed by atoms with Crippen LogP contribution in [0.25, 0.3) is 0 Å². The minimum absolute atomic E-state index is 0.113. The number of ether oxygens (including phenoxy) is 1. The summed E-state index contributed by atoms with van der Waals surface area (Å²) in [6.45, 7) is 3.56. The molecule has 0 aliphatic rings. The molecule has 1 aromatic carbocycles. The lowest BCUT2D eigenvalue weighted by atomic mass is 9.89. The van der Waals surface area contributed by atoms with Crippen molar-refractivity contribution in [2.75, 3.05) is 7.11 Å². The lowest BCUT2D eigenvalue weighted by Crippen LogP contribution is -2.26. The molecule has 0 saturated heterocycles. The second kappa shape index (κ2) is 5.45. The first-order valence-electron chi connectivity index (χ1n) is 5.24. The van der Waals surface area contributed by atoms with Crippen molar-refractivity contribution in [1.82, 2.24) is 0 Å². The number of ketones is 1. The normalized spacial score (nSPS) is 12.2. The van der Waals surface area contributed by atoms with Crippen molar-refractivity contribution in [3.63, 3.8) is 0 Å². The van der Waals surface area contributed by atoms with Gasteiger partial charge in [0.15, 0.2) is 5.78 Å². The molecule has 3 nitrogen and oxygen atoms in total. The number of methoxy groups -OCH3 is 1. The molecule has 1 rings (SSSR count). The van der Waals surface area contributed by atoms with Crippen LogP contribution < -0.4 is 0 Å². The Kier molecular flexibility index (Phi) is 4.23. The third kappa shape index (κ3) is 2.69. The van der Waals surface area contributed by atoms with Crippen LogP contribution in [0.1, 0.15) is 25.3 Å². The van der Waals surface area contributed by atoms with Crippen LogP contribution in [0.3, 0.4) is 0 Å². The van der Waals surface area contributed by atoms with Gasteiger partial charge in [-0.25, -0.2) is 0 Å². The van der Waals surface area contributed by atoms with E-state index in [2.05, 4.69) is 4.74 Å². The number of hydrogen-bond donors (Lipinski definition) is 0. The van der Waals surface area contributed by atoms with E-state index in [1.807, 2.05) is 6.07 Å². The van der Waals surface area contributed by atoms with E-state index < -0.39 is 11.9 Å². The van der Waals surface area contributed by atoms with Crippen LogP contribution in [-0.4, -0.2) is 18.9 Å². The lowest BCUT2D eigenvalue weighted by Gasteiger charge is -2.15. The molecule has 0 spiro atoms. The lowest BCUT2D eigenvalue weighted by molar-refractivity contribution is -0.146. The third-order valence-corrected chi connectivity index (χ3v) is 2.42. The highest BCUT2D eigenvalue weighted by Gasteiger charge is 2.30. The number of esters is 1. The van der Waals surface area contributed by atoms with E-state index >= 15 is 0 Å². The Morgan fingerprint density at radius 3 is 2.12 bits per heavy atom. The smallest absolute Gasteiger partial charge is 0.320 e. The Morgan fingerprint density at radius 2 is 1.69 bits per heavy atom. The molecule has 0 heterocycles. The molecule has 16 heavy (non-hydrogen) atoms. The van der Waals surface area contributed by atoms with Crippen molar-refractivity contribution in [2.24, 2.45) is 5.92 Å². The molecule has 0 radical (unpaired) electrons. The van der Waals surface area contributed by atoms with Crippen LogP contribution in [-0.2, 0) is 14.3 Å². The number of rotatable bonds is 4. The van der Waals surface area contributed by atoms with Gasteiger partial charge in [0.25, 0.3) is 0 Å². The van der Waals surface area contributed by atoms with Gasteiger partial charge < -0.3 is 4.74 Å². The fraction of sp³-hybridized carbons (Fsp3) is 0.385. The highest BCUT2D eigenvalue weighted by Crippen LogP contribution is 2.21.